The van der Waals surface area contributed by atoms with Crippen LogP contribution in [0.3, 0.4) is 0 Å². The molecule has 0 radical (unpaired) electrons. The average Bonchev–Trinajstić information content (AvgIpc) is 2.22. The molecular weight excluding hydrogens is 200 g/mol. The van der Waals surface area contributed by atoms with Gasteiger partial charge in [-0.3, -0.25) is 0 Å². The molecular formula is C14H22O2. The number of aliphatic hydroxyl groups is 1. The Morgan fingerprint density at radius 1 is 1.19 bits per heavy atom. The van der Waals surface area contributed by atoms with E-state index in [-0.39, 0.29) is 6.10 Å². The number of rotatable bonds is 4. The molecule has 2 heteroatoms. The van der Waals surface area contributed by atoms with Gasteiger partial charge in [0.25, 0.3) is 0 Å². The Labute approximate surface area is 98.3 Å². The second-order valence-corrected chi connectivity index (χ2v) is 4.53. The van der Waals surface area contributed by atoms with Gasteiger partial charge >= 0.3 is 0 Å². The molecule has 0 aliphatic heterocycles. The highest BCUT2D eigenvalue weighted by Crippen LogP contribution is 2.34. The van der Waals surface area contributed by atoms with E-state index >= 15 is 0 Å². The lowest BCUT2D eigenvalue weighted by molar-refractivity contribution is 0.160. The Hall–Kier alpha value is -1.02. The van der Waals surface area contributed by atoms with Crippen LogP contribution in [0.2, 0.25) is 0 Å². The summed E-state index contributed by atoms with van der Waals surface area (Å²) >= 11 is 0. The van der Waals surface area contributed by atoms with Crippen molar-refractivity contribution in [2.24, 2.45) is 0 Å². The molecule has 0 spiro atoms. The highest BCUT2D eigenvalue weighted by Gasteiger charge is 2.17. The summed E-state index contributed by atoms with van der Waals surface area (Å²) in [5.74, 6) is 0.851. The summed E-state index contributed by atoms with van der Waals surface area (Å²) in [6, 6.07) is 4.08. The van der Waals surface area contributed by atoms with Crippen LogP contribution in [0.4, 0.5) is 0 Å². The molecule has 1 aromatic rings. The molecule has 0 aliphatic rings. The molecule has 1 unspecified atom stereocenters. The van der Waals surface area contributed by atoms with Gasteiger partial charge in [0, 0.05) is 5.56 Å². The molecule has 0 bridgehead atoms. The van der Waals surface area contributed by atoms with Gasteiger partial charge in [0.15, 0.2) is 0 Å². The highest BCUT2D eigenvalue weighted by atomic mass is 16.5. The van der Waals surface area contributed by atoms with Crippen LogP contribution in [0.1, 0.15) is 50.0 Å². The first-order chi connectivity index (χ1) is 7.47. The van der Waals surface area contributed by atoms with Crippen molar-refractivity contribution in [2.75, 3.05) is 0 Å². The maximum atomic E-state index is 10.0. The monoisotopic (exact) mass is 222 g/mol. The first-order valence-corrected chi connectivity index (χ1v) is 5.92. The van der Waals surface area contributed by atoms with Gasteiger partial charge in [-0.15, -0.1) is 0 Å². The maximum absolute atomic E-state index is 10.0. The topological polar surface area (TPSA) is 29.5 Å². The van der Waals surface area contributed by atoms with Crippen LogP contribution in [-0.4, -0.2) is 11.2 Å². The van der Waals surface area contributed by atoms with Crippen molar-refractivity contribution < 1.29 is 9.84 Å². The lowest BCUT2D eigenvalue weighted by Gasteiger charge is -2.21. The standard InChI is InChI=1S/C14H22O2/c1-6-12(15)13-10(4)7-8-11(5)14(13)16-9(2)3/h7-9,12,15H,6H2,1-5H3. The third kappa shape index (κ3) is 2.76. The summed E-state index contributed by atoms with van der Waals surface area (Å²) in [7, 11) is 0. The first kappa shape index (κ1) is 13.0. The molecule has 1 atom stereocenters. The fraction of sp³-hybridized carbons (Fsp3) is 0.571. The second kappa shape index (κ2) is 5.35. The van der Waals surface area contributed by atoms with E-state index in [2.05, 4.69) is 0 Å². The zero-order valence-corrected chi connectivity index (χ0v) is 10.9. The molecule has 1 rings (SSSR count). The van der Waals surface area contributed by atoms with E-state index in [9.17, 15) is 5.11 Å². The number of hydrogen-bond donors (Lipinski definition) is 1. The van der Waals surface area contributed by atoms with E-state index < -0.39 is 6.10 Å². The largest absolute Gasteiger partial charge is 0.490 e. The van der Waals surface area contributed by atoms with E-state index in [1.54, 1.807) is 0 Å². The molecule has 0 heterocycles. The molecule has 0 saturated carbocycles. The maximum Gasteiger partial charge on any atom is 0.128 e. The fourth-order valence-electron chi connectivity index (χ4n) is 1.82. The van der Waals surface area contributed by atoms with Crippen molar-refractivity contribution >= 4 is 0 Å². The Morgan fingerprint density at radius 3 is 2.25 bits per heavy atom. The number of benzene rings is 1. The quantitative estimate of drug-likeness (QED) is 0.844. The van der Waals surface area contributed by atoms with Crippen LogP contribution in [0.25, 0.3) is 0 Å². The average molecular weight is 222 g/mol. The summed E-state index contributed by atoms with van der Waals surface area (Å²) in [5, 5.41) is 10.0. The highest BCUT2D eigenvalue weighted by molar-refractivity contribution is 5.47. The SMILES string of the molecule is CCC(O)c1c(C)ccc(C)c1OC(C)C. The van der Waals surface area contributed by atoms with Crippen LogP contribution in [0.5, 0.6) is 5.75 Å². The van der Waals surface area contributed by atoms with Gasteiger partial charge in [-0.05, 0) is 45.2 Å². The van der Waals surface area contributed by atoms with Crippen molar-refractivity contribution in [3.63, 3.8) is 0 Å². The van der Waals surface area contributed by atoms with Crippen molar-refractivity contribution in [2.45, 2.75) is 53.2 Å². The number of hydrogen-bond acceptors (Lipinski definition) is 2. The molecule has 16 heavy (non-hydrogen) atoms. The zero-order chi connectivity index (χ0) is 12.3. The zero-order valence-electron chi connectivity index (χ0n) is 10.9. The smallest absolute Gasteiger partial charge is 0.128 e. The Balaban J connectivity index is 3.25. The van der Waals surface area contributed by atoms with E-state index in [4.69, 9.17) is 4.74 Å². The number of aryl methyl sites for hydroxylation is 2. The number of aliphatic hydroxyl groups excluding tert-OH is 1. The summed E-state index contributed by atoms with van der Waals surface area (Å²) in [5.41, 5.74) is 3.12. The minimum atomic E-state index is -0.436. The van der Waals surface area contributed by atoms with E-state index in [0.29, 0.717) is 6.42 Å². The molecule has 0 fully saturated rings. The lowest BCUT2D eigenvalue weighted by Crippen LogP contribution is -2.11. The molecule has 2 nitrogen and oxygen atoms in total. The predicted molar refractivity (Wildman–Crippen MR) is 66.9 cm³/mol. The predicted octanol–water partition coefficient (Wildman–Crippen LogP) is 3.53. The summed E-state index contributed by atoms with van der Waals surface area (Å²) in [4.78, 5) is 0. The normalized spacial score (nSPS) is 12.9. The molecule has 0 aromatic heterocycles. The van der Waals surface area contributed by atoms with Gasteiger partial charge in [0.2, 0.25) is 0 Å². The van der Waals surface area contributed by atoms with E-state index in [1.807, 2.05) is 46.8 Å². The lowest BCUT2D eigenvalue weighted by atomic mass is 9.97. The van der Waals surface area contributed by atoms with Gasteiger partial charge in [-0.1, -0.05) is 19.1 Å². The molecule has 0 amide bonds. The van der Waals surface area contributed by atoms with Gasteiger partial charge in [-0.2, -0.15) is 0 Å². The van der Waals surface area contributed by atoms with E-state index in [0.717, 1.165) is 22.4 Å². The van der Waals surface area contributed by atoms with Crippen LogP contribution in [-0.2, 0) is 0 Å². The summed E-state index contributed by atoms with van der Waals surface area (Å²) in [6.07, 6.45) is 0.399. The minimum Gasteiger partial charge on any atom is -0.490 e. The van der Waals surface area contributed by atoms with Crippen LogP contribution in [0, 0.1) is 13.8 Å². The first-order valence-electron chi connectivity index (χ1n) is 5.92. The summed E-state index contributed by atoms with van der Waals surface area (Å²) in [6.45, 7) is 10.0. The minimum absolute atomic E-state index is 0.128. The number of ether oxygens (including phenoxy) is 1. The van der Waals surface area contributed by atoms with Crippen molar-refractivity contribution in [3.05, 3.63) is 28.8 Å². The Morgan fingerprint density at radius 2 is 1.75 bits per heavy atom. The summed E-state index contributed by atoms with van der Waals surface area (Å²) < 4.78 is 5.82. The molecule has 1 aromatic carbocycles. The molecule has 90 valence electrons. The van der Waals surface area contributed by atoms with Crippen LogP contribution < -0.4 is 4.74 Å². The van der Waals surface area contributed by atoms with Gasteiger partial charge in [0.1, 0.15) is 5.75 Å². The van der Waals surface area contributed by atoms with E-state index in [1.165, 1.54) is 0 Å². The van der Waals surface area contributed by atoms with Gasteiger partial charge in [0.05, 0.1) is 12.2 Å². The van der Waals surface area contributed by atoms with Crippen LogP contribution in [0.15, 0.2) is 12.1 Å². The molecule has 0 saturated heterocycles. The Bertz CT molecular complexity index is 356. The third-order valence-corrected chi connectivity index (χ3v) is 2.68. The van der Waals surface area contributed by atoms with Crippen molar-refractivity contribution in [3.8, 4) is 5.75 Å². The van der Waals surface area contributed by atoms with Crippen LogP contribution >= 0.6 is 0 Å². The van der Waals surface area contributed by atoms with Crippen molar-refractivity contribution in [1.82, 2.24) is 0 Å². The third-order valence-electron chi connectivity index (χ3n) is 2.68. The van der Waals surface area contributed by atoms with Gasteiger partial charge in [-0.25, -0.2) is 0 Å². The Kier molecular flexibility index (Phi) is 4.36. The molecule has 0 aliphatic carbocycles. The second-order valence-electron chi connectivity index (χ2n) is 4.53. The fourth-order valence-corrected chi connectivity index (χ4v) is 1.82. The molecule has 1 N–H and O–H groups in total. The van der Waals surface area contributed by atoms with Gasteiger partial charge < -0.3 is 9.84 Å². The van der Waals surface area contributed by atoms with Crippen molar-refractivity contribution in [1.29, 1.82) is 0 Å².